The predicted molar refractivity (Wildman–Crippen MR) is 146 cm³/mol. The first-order valence-electron chi connectivity index (χ1n) is 13.2. The Kier molecular flexibility index (Phi) is 6.29. The van der Waals surface area contributed by atoms with E-state index in [1.54, 1.807) is 12.3 Å². The lowest BCUT2D eigenvalue weighted by Crippen LogP contribution is -2.07. The SMILES string of the molecule is Cc1ccnc(-c2cc(C)c(-c3ccc(F)c4c3CC[C@H]4Oc3ccc4c(c3)OCC4CC(=O)O)c(C)c2)n1. The van der Waals surface area contributed by atoms with Crippen LogP contribution in [0, 0.1) is 26.6 Å². The molecular weight excluding hydrogens is 495 g/mol. The highest BCUT2D eigenvalue weighted by Crippen LogP contribution is 2.45. The van der Waals surface area contributed by atoms with Gasteiger partial charge in [-0.1, -0.05) is 12.1 Å². The van der Waals surface area contributed by atoms with Crippen LogP contribution in [0.5, 0.6) is 11.5 Å². The molecule has 0 bridgehead atoms. The van der Waals surface area contributed by atoms with Crippen LogP contribution in [0.15, 0.2) is 54.7 Å². The molecule has 1 aliphatic carbocycles. The Morgan fingerprint density at radius 2 is 1.90 bits per heavy atom. The van der Waals surface area contributed by atoms with Crippen molar-refractivity contribution < 1.29 is 23.8 Å². The number of hydrogen-bond acceptors (Lipinski definition) is 5. The summed E-state index contributed by atoms with van der Waals surface area (Å²) in [7, 11) is 0. The van der Waals surface area contributed by atoms with Crippen molar-refractivity contribution in [1.82, 2.24) is 9.97 Å². The molecule has 0 saturated carbocycles. The summed E-state index contributed by atoms with van der Waals surface area (Å²) in [6, 6.07) is 15.0. The van der Waals surface area contributed by atoms with E-state index in [9.17, 15) is 4.79 Å². The van der Waals surface area contributed by atoms with Crippen molar-refractivity contribution in [2.45, 2.75) is 52.1 Å². The Balaban J connectivity index is 1.31. The lowest BCUT2D eigenvalue weighted by atomic mass is 9.89. The number of benzene rings is 3. The minimum absolute atomic E-state index is 0.0228. The normalized spacial score (nSPS) is 17.4. The standard InChI is InChI=1S/C32H29FN2O4/c1-17-12-20(32-34-11-10-19(3)35-32)13-18(2)30(17)24-6-8-26(33)31-25(24)7-9-27(31)39-22-4-5-23-21(14-29(36)37)16-38-28(23)15-22/h4-6,8,10-13,15,21,27H,7,9,14,16H2,1-3H3,(H,36,37)/t21?,27-/m1/s1. The Labute approximate surface area is 226 Å². The number of halogens is 1. The zero-order chi connectivity index (χ0) is 27.3. The molecule has 2 atom stereocenters. The maximum atomic E-state index is 15.3. The zero-order valence-corrected chi connectivity index (χ0v) is 22.1. The summed E-state index contributed by atoms with van der Waals surface area (Å²) in [5.74, 6) is 0.620. The average molecular weight is 525 g/mol. The molecule has 1 N–H and O–H groups in total. The van der Waals surface area contributed by atoms with Crippen LogP contribution in [0.1, 0.15) is 58.4 Å². The number of rotatable bonds is 6. The van der Waals surface area contributed by atoms with Gasteiger partial charge in [0.15, 0.2) is 5.82 Å². The number of aromatic nitrogens is 2. The Bertz CT molecular complexity index is 1590. The van der Waals surface area contributed by atoms with Crippen LogP contribution < -0.4 is 9.47 Å². The molecule has 7 heteroatoms. The summed E-state index contributed by atoms with van der Waals surface area (Å²) < 4.78 is 27.3. The molecule has 2 aliphatic rings. The fourth-order valence-corrected chi connectivity index (χ4v) is 6.01. The van der Waals surface area contributed by atoms with Gasteiger partial charge in [-0.25, -0.2) is 14.4 Å². The molecule has 1 aliphatic heterocycles. The smallest absolute Gasteiger partial charge is 0.304 e. The molecule has 3 aromatic carbocycles. The maximum absolute atomic E-state index is 15.3. The number of carboxylic acids is 1. The van der Waals surface area contributed by atoms with Gasteiger partial charge < -0.3 is 14.6 Å². The molecule has 39 heavy (non-hydrogen) atoms. The van der Waals surface area contributed by atoms with E-state index in [4.69, 9.17) is 14.6 Å². The molecule has 0 spiro atoms. The second-order valence-corrected chi connectivity index (χ2v) is 10.4. The number of carboxylic acid groups (broad SMARTS) is 1. The zero-order valence-electron chi connectivity index (χ0n) is 22.1. The lowest BCUT2D eigenvalue weighted by Gasteiger charge is -2.19. The van der Waals surface area contributed by atoms with Crippen LogP contribution in [-0.2, 0) is 11.2 Å². The van der Waals surface area contributed by atoms with Gasteiger partial charge in [-0.15, -0.1) is 0 Å². The first kappa shape index (κ1) is 25.0. The second kappa shape index (κ2) is 9.80. The third-order valence-corrected chi connectivity index (χ3v) is 7.70. The van der Waals surface area contributed by atoms with Crippen molar-refractivity contribution in [3.8, 4) is 34.0 Å². The summed E-state index contributed by atoms with van der Waals surface area (Å²) in [4.78, 5) is 20.2. The van der Waals surface area contributed by atoms with Gasteiger partial charge in [-0.3, -0.25) is 4.79 Å². The van der Waals surface area contributed by atoms with Crippen LogP contribution in [0.3, 0.4) is 0 Å². The largest absolute Gasteiger partial charge is 0.492 e. The number of nitrogens with zero attached hydrogens (tertiary/aromatic N) is 2. The fourth-order valence-electron chi connectivity index (χ4n) is 6.01. The molecule has 6 nitrogen and oxygen atoms in total. The highest BCUT2D eigenvalue weighted by Gasteiger charge is 2.32. The molecule has 0 fully saturated rings. The number of aliphatic carboxylic acids is 1. The molecule has 0 radical (unpaired) electrons. The van der Waals surface area contributed by atoms with Crippen LogP contribution in [0.2, 0.25) is 0 Å². The average Bonchev–Trinajstić information content (AvgIpc) is 3.49. The van der Waals surface area contributed by atoms with Crippen LogP contribution in [0.25, 0.3) is 22.5 Å². The number of aryl methyl sites for hydroxylation is 3. The molecule has 2 heterocycles. The van der Waals surface area contributed by atoms with Crippen LogP contribution in [0.4, 0.5) is 4.39 Å². The summed E-state index contributed by atoms with van der Waals surface area (Å²) in [6.07, 6.45) is 2.74. The van der Waals surface area contributed by atoms with Crippen molar-refractivity contribution in [3.05, 3.63) is 94.1 Å². The minimum atomic E-state index is -0.853. The van der Waals surface area contributed by atoms with Crippen molar-refractivity contribution >= 4 is 5.97 Å². The molecular formula is C32H29FN2O4. The first-order valence-corrected chi connectivity index (χ1v) is 13.2. The molecule has 0 amide bonds. The van der Waals surface area contributed by atoms with E-state index in [2.05, 4.69) is 35.9 Å². The lowest BCUT2D eigenvalue weighted by molar-refractivity contribution is -0.137. The fraction of sp³-hybridized carbons (Fsp3) is 0.281. The van der Waals surface area contributed by atoms with Crippen molar-refractivity contribution in [2.75, 3.05) is 6.61 Å². The summed E-state index contributed by atoms with van der Waals surface area (Å²) >= 11 is 0. The van der Waals surface area contributed by atoms with E-state index in [-0.39, 0.29) is 18.2 Å². The third-order valence-electron chi connectivity index (χ3n) is 7.70. The number of fused-ring (bicyclic) bond motifs is 2. The molecule has 6 rings (SSSR count). The van der Waals surface area contributed by atoms with E-state index in [1.165, 1.54) is 6.07 Å². The summed E-state index contributed by atoms with van der Waals surface area (Å²) in [5.41, 5.74) is 8.61. The molecule has 1 aromatic heterocycles. The van der Waals surface area contributed by atoms with Gasteiger partial charge in [0.05, 0.1) is 13.0 Å². The van der Waals surface area contributed by atoms with E-state index >= 15 is 4.39 Å². The number of ether oxygens (including phenoxy) is 2. The van der Waals surface area contributed by atoms with Gasteiger partial charge in [0, 0.05) is 40.6 Å². The first-order chi connectivity index (χ1) is 18.8. The molecule has 4 aromatic rings. The highest BCUT2D eigenvalue weighted by atomic mass is 19.1. The maximum Gasteiger partial charge on any atom is 0.304 e. The van der Waals surface area contributed by atoms with E-state index in [1.807, 2.05) is 31.2 Å². The van der Waals surface area contributed by atoms with E-state index < -0.39 is 12.1 Å². The highest BCUT2D eigenvalue weighted by molar-refractivity contribution is 5.78. The summed E-state index contributed by atoms with van der Waals surface area (Å²) in [5, 5.41) is 9.16. The Morgan fingerprint density at radius 1 is 1.10 bits per heavy atom. The van der Waals surface area contributed by atoms with Gasteiger partial charge in [0.1, 0.15) is 23.4 Å². The molecule has 198 valence electrons. The number of carbonyl (C=O) groups is 1. The van der Waals surface area contributed by atoms with Gasteiger partial charge in [-0.2, -0.15) is 0 Å². The van der Waals surface area contributed by atoms with Crippen molar-refractivity contribution in [2.24, 2.45) is 0 Å². The van der Waals surface area contributed by atoms with E-state index in [0.717, 1.165) is 44.6 Å². The summed E-state index contributed by atoms with van der Waals surface area (Å²) in [6.45, 7) is 6.43. The Morgan fingerprint density at radius 3 is 2.64 bits per heavy atom. The third kappa shape index (κ3) is 4.62. The Hall–Kier alpha value is -4.26. The van der Waals surface area contributed by atoms with Crippen molar-refractivity contribution in [3.63, 3.8) is 0 Å². The van der Waals surface area contributed by atoms with Gasteiger partial charge in [0.25, 0.3) is 0 Å². The van der Waals surface area contributed by atoms with Gasteiger partial charge in [0.2, 0.25) is 0 Å². The van der Waals surface area contributed by atoms with Crippen molar-refractivity contribution in [1.29, 1.82) is 0 Å². The van der Waals surface area contributed by atoms with Crippen LogP contribution >= 0.6 is 0 Å². The minimum Gasteiger partial charge on any atom is -0.492 e. The van der Waals surface area contributed by atoms with Crippen LogP contribution in [-0.4, -0.2) is 27.7 Å². The van der Waals surface area contributed by atoms with E-state index in [0.29, 0.717) is 42.3 Å². The molecule has 1 unspecified atom stereocenters. The molecule has 0 saturated heterocycles. The monoisotopic (exact) mass is 524 g/mol. The van der Waals surface area contributed by atoms with Gasteiger partial charge in [-0.05, 0) is 91.8 Å². The van der Waals surface area contributed by atoms with Gasteiger partial charge >= 0.3 is 5.97 Å². The topological polar surface area (TPSA) is 81.5 Å². The number of hydrogen-bond donors (Lipinski definition) is 1. The predicted octanol–water partition coefficient (Wildman–Crippen LogP) is 6.89. The quantitative estimate of drug-likeness (QED) is 0.296. The second-order valence-electron chi connectivity index (χ2n) is 10.4.